The molecule has 0 radical (unpaired) electrons. The number of carboxylic acids is 1. The number of carbonyl (C=O) groups is 2. The zero-order chi connectivity index (χ0) is 13.7. The van der Waals surface area contributed by atoms with Gasteiger partial charge < -0.3 is 19.8 Å². The van der Waals surface area contributed by atoms with E-state index in [0.29, 0.717) is 24.5 Å². The number of hydrogen-bond acceptors (Lipinski definition) is 6. The fourth-order valence-corrected chi connectivity index (χ4v) is 1.99. The third kappa shape index (κ3) is 4.43. The van der Waals surface area contributed by atoms with E-state index in [2.05, 4.69) is 15.3 Å². The van der Waals surface area contributed by atoms with E-state index in [1.807, 2.05) is 0 Å². The maximum Gasteiger partial charge on any atom is 1.00 e. The minimum Gasteiger partial charge on any atom is -0.550 e. The molecule has 0 spiro atoms. The third-order valence-corrected chi connectivity index (χ3v) is 2.91. The number of nitrogens with one attached hydrogen (secondary N) is 1. The molecule has 0 amide bonds. The molecule has 0 fully saturated rings. The Labute approximate surface area is 138 Å². The first-order valence-corrected chi connectivity index (χ1v) is 6.21. The molecule has 102 valence electrons. The van der Waals surface area contributed by atoms with E-state index in [1.54, 1.807) is 10.9 Å². The van der Waals surface area contributed by atoms with Crippen LogP contribution in [0.2, 0.25) is 0 Å². The Morgan fingerprint density at radius 2 is 2.20 bits per heavy atom. The van der Waals surface area contributed by atoms with Gasteiger partial charge in [0.25, 0.3) is 0 Å². The fraction of sp³-hybridized carbons (Fsp3) is 0.500. The number of ketones is 1. The van der Waals surface area contributed by atoms with E-state index < -0.39 is 5.97 Å². The maximum atomic E-state index is 11.9. The molecule has 2 heterocycles. The molecule has 0 unspecified atom stereocenters. The van der Waals surface area contributed by atoms with Gasteiger partial charge in [0.15, 0.2) is 5.82 Å². The van der Waals surface area contributed by atoms with Crippen molar-refractivity contribution in [1.29, 1.82) is 0 Å². The van der Waals surface area contributed by atoms with Crippen LogP contribution in [-0.2, 0) is 11.3 Å². The molecule has 0 aliphatic carbocycles. The maximum absolute atomic E-state index is 11.9. The van der Waals surface area contributed by atoms with Gasteiger partial charge in [-0.25, -0.2) is 4.98 Å². The molecule has 1 aliphatic rings. The molecule has 20 heavy (non-hydrogen) atoms. The number of imidazole rings is 1. The SMILES string of the molecule is O=C([O-])CCCCCn1cnc2c1C(=O)CN=CN2.[Na+]. The fourth-order valence-electron chi connectivity index (χ4n) is 1.99. The van der Waals surface area contributed by atoms with Crippen molar-refractivity contribution >= 4 is 23.9 Å². The van der Waals surface area contributed by atoms with Crippen molar-refractivity contribution in [1.82, 2.24) is 9.55 Å². The summed E-state index contributed by atoms with van der Waals surface area (Å²) in [5, 5.41) is 13.1. The van der Waals surface area contributed by atoms with Crippen LogP contribution in [0.3, 0.4) is 0 Å². The summed E-state index contributed by atoms with van der Waals surface area (Å²) in [5.41, 5.74) is 0.539. The van der Waals surface area contributed by atoms with E-state index in [4.69, 9.17) is 0 Å². The van der Waals surface area contributed by atoms with Crippen LogP contribution in [0.25, 0.3) is 0 Å². The van der Waals surface area contributed by atoms with Crippen molar-refractivity contribution in [2.24, 2.45) is 4.99 Å². The molecule has 1 N–H and O–H groups in total. The Morgan fingerprint density at radius 1 is 1.40 bits per heavy atom. The largest absolute Gasteiger partial charge is 1.00 e. The number of nitrogens with zero attached hydrogens (tertiary/aromatic N) is 3. The number of aliphatic carboxylic acids is 1. The van der Waals surface area contributed by atoms with E-state index in [9.17, 15) is 14.7 Å². The van der Waals surface area contributed by atoms with Gasteiger partial charge in [-0.1, -0.05) is 6.42 Å². The number of carboxylic acid groups (broad SMARTS) is 1. The first kappa shape index (κ1) is 16.9. The number of Topliss-reactive ketones (excluding diaryl/α,β-unsaturated/α-hetero) is 1. The monoisotopic (exact) mass is 286 g/mol. The summed E-state index contributed by atoms with van der Waals surface area (Å²) in [6.07, 6.45) is 5.34. The van der Waals surface area contributed by atoms with Crippen LogP contribution in [0.1, 0.15) is 36.2 Å². The van der Waals surface area contributed by atoms with Crippen LogP contribution < -0.4 is 40.0 Å². The zero-order valence-corrected chi connectivity index (χ0v) is 13.5. The molecule has 7 nitrogen and oxygen atoms in total. The predicted molar refractivity (Wildman–Crippen MR) is 67.0 cm³/mol. The Bertz CT molecular complexity index is 513. The molecule has 1 aromatic rings. The van der Waals surface area contributed by atoms with Gasteiger partial charge in [0, 0.05) is 12.5 Å². The molecule has 0 atom stereocenters. The Morgan fingerprint density at radius 3 is 2.95 bits per heavy atom. The molecule has 1 aliphatic heterocycles. The number of hydrogen-bond donors (Lipinski definition) is 1. The number of aryl methyl sites for hydroxylation is 1. The summed E-state index contributed by atoms with van der Waals surface area (Å²) in [7, 11) is 0. The van der Waals surface area contributed by atoms with Gasteiger partial charge >= 0.3 is 29.6 Å². The quantitative estimate of drug-likeness (QED) is 0.439. The van der Waals surface area contributed by atoms with Crippen molar-refractivity contribution in [3.05, 3.63) is 12.0 Å². The average molecular weight is 286 g/mol. The zero-order valence-electron chi connectivity index (χ0n) is 11.5. The van der Waals surface area contributed by atoms with Crippen molar-refractivity contribution < 1.29 is 44.3 Å². The minimum atomic E-state index is -1.02. The Balaban J connectivity index is 0.00000200. The van der Waals surface area contributed by atoms with E-state index in [0.717, 1.165) is 12.8 Å². The molecule has 2 rings (SSSR count). The van der Waals surface area contributed by atoms with Crippen molar-refractivity contribution in [3.63, 3.8) is 0 Å². The number of rotatable bonds is 6. The van der Waals surface area contributed by atoms with Gasteiger partial charge in [-0.2, -0.15) is 0 Å². The summed E-state index contributed by atoms with van der Waals surface area (Å²) >= 11 is 0. The van der Waals surface area contributed by atoms with Gasteiger partial charge in [0.05, 0.1) is 12.7 Å². The first-order valence-electron chi connectivity index (χ1n) is 6.21. The van der Waals surface area contributed by atoms with Crippen LogP contribution in [0.5, 0.6) is 0 Å². The Hall–Kier alpha value is -1.18. The molecule has 0 saturated carbocycles. The van der Waals surface area contributed by atoms with Gasteiger partial charge in [0.1, 0.15) is 12.2 Å². The smallest absolute Gasteiger partial charge is 0.550 e. The van der Waals surface area contributed by atoms with Gasteiger partial charge in [-0.05, 0) is 19.3 Å². The molecular formula is C12H15N4NaO3. The van der Waals surface area contributed by atoms with Crippen LogP contribution in [0.15, 0.2) is 11.3 Å². The van der Waals surface area contributed by atoms with Crippen LogP contribution >= 0.6 is 0 Å². The third-order valence-electron chi connectivity index (χ3n) is 2.91. The molecule has 1 aromatic heterocycles. The van der Waals surface area contributed by atoms with Gasteiger partial charge in [0.2, 0.25) is 5.78 Å². The summed E-state index contributed by atoms with van der Waals surface area (Å²) in [4.78, 5) is 30.2. The minimum absolute atomic E-state index is 0. The standard InChI is InChI=1S/C12H16N4O3.Na/c17-9-6-13-7-14-12-11(9)16(8-15-12)5-3-1-2-4-10(18)19;/h7-8H,1-6H2,(H,13,14)(H,18,19);/q;+1/p-1. The number of aliphatic imine (C=N–C) groups is 1. The van der Waals surface area contributed by atoms with Gasteiger partial charge in [-0.3, -0.25) is 9.79 Å². The van der Waals surface area contributed by atoms with Crippen LogP contribution in [0.4, 0.5) is 5.82 Å². The van der Waals surface area contributed by atoms with Crippen molar-refractivity contribution in [3.8, 4) is 0 Å². The summed E-state index contributed by atoms with van der Waals surface area (Å²) in [6, 6.07) is 0. The van der Waals surface area contributed by atoms with E-state index in [-0.39, 0.29) is 48.3 Å². The second-order valence-electron chi connectivity index (χ2n) is 4.36. The second kappa shape index (κ2) is 8.18. The molecular weight excluding hydrogens is 271 g/mol. The average Bonchev–Trinajstić information content (AvgIpc) is 2.67. The Kier molecular flexibility index (Phi) is 6.90. The molecule has 0 saturated heterocycles. The number of unbranched alkanes of at least 4 members (excludes halogenated alkanes) is 2. The van der Waals surface area contributed by atoms with Crippen molar-refractivity contribution in [2.45, 2.75) is 32.2 Å². The number of carbonyl (C=O) groups excluding carboxylic acids is 2. The van der Waals surface area contributed by atoms with E-state index in [1.165, 1.54) is 6.34 Å². The van der Waals surface area contributed by atoms with E-state index >= 15 is 0 Å². The first-order chi connectivity index (χ1) is 9.18. The molecule has 0 aromatic carbocycles. The van der Waals surface area contributed by atoms with Crippen molar-refractivity contribution in [2.75, 3.05) is 11.9 Å². The second-order valence-corrected chi connectivity index (χ2v) is 4.36. The predicted octanol–water partition coefficient (Wildman–Crippen LogP) is -3.17. The topological polar surface area (TPSA) is 99.4 Å². The van der Waals surface area contributed by atoms with Gasteiger partial charge in [-0.15, -0.1) is 0 Å². The number of aromatic nitrogens is 2. The number of anilines is 1. The van der Waals surface area contributed by atoms with Crippen LogP contribution in [0, 0.1) is 0 Å². The number of fused-ring (bicyclic) bond motifs is 1. The summed E-state index contributed by atoms with van der Waals surface area (Å²) < 4.78 is 1.79. The molecule has 0 bridgehead atoms. The molecule has 8 heteroatoms. The van der Waals surface area contributed by atoms with Crippen LogP contribution in [-0.4, -0.2) is 34.2 Å². The summed E-state index contributed by atoms with van der Waals surface area (Å²) in [6.45, 7) is 0.763. The normalized spacial score (nSPS) is 13.1. The summed E-state index contributed by atoms with van der Waals surface area (Å²) in [5.74, 6) is -0.558.